The molecule has 0 spiro atoms. The third-order valence-corrected chi connectivity index (χ3v) is 3.60. The largest absolute Gasteiger partial charge is 0.489 e. The molecular weight excluding hydrogens is 316 g/mol. The molecule has 0 aliphatic heterocycles. The third-order valence-electron chi connectivity index (χ3n) is 3.60. The first-order valence-electron chi connectivity index (χ1n) is 8.42. The lowest BCUT2D eigenvalue weighted by molar-refractivity contribution is 0.0501. The SMILES string of the molecule is CCN(CC(C)(C)O)C(=O)Nc1ccc(COc2ccccc2)cc1. The predicted octanol–water partition coefficient (Wildman–Crippen LogP) is 3.89. The summed E-state index contributed by atoms with van der Waals surface area (Å²) in [7, 11) is 0. The van der Waals surface area contributed by atoms with Crippen molar-refractivity contribution in [1.82, 2.24) is 4.90 Å². The molecule has 0 saturated heterocycles. The molecule has 0 aliphatic rings. The second kappa shape index (κ2) is 8.53. The van der Waals surface area contributed by atoms with Gasteiger partial charge in [0.15, 0.2) is 0 Å². The van der Waals surface area contributed by atoms with Crippen molar-refractivity contribution in [3.63, 3.8) is 0 Å². The molecule has 2 amide bonds. The first-order chi connectivity index (χ1) is 11.9. The van der Waals surface area contributed by atoms with Gasteiger partial charge in [-0.25, -0.2) is 4.79 Å². The van der Waals surface area contributed by atoms with Gasteiger partial charge >= 0.3 is 6.03 Å². The molecular formula is C20H26N2O3. The van der Waals surface area contributed by atoms with Gasteiger partial charge in [-0.15, -0.1) is 0 Å². The zero-order valence-corrected chi connectivity index (χ0v) is 15.0. The Kier molecular flexibility index (Phi) is 6.42. The van der Waals surface area contributed by atoms with Crippen molar-refractivity contribution >= 4 is 11.7 Å². The molecule has 2 rings (SSSR count). The predicted molar refractivity (Wildman–Crippen MR) is 99.8 cm³/mol. The molecule has 134 valence electrons. The van der Waals surface area contributed by atoms with Gasteiger partial charge in [0.2, 0.25) is 0 Å². The highest BCUT2D eigenvalue weighted by Crippen LogP contribution is 2.15. The van der Waals surface area contributed by atoms with E-state index in [0.717, 1.165) is 11.3 Å². The molecule has 5 nitrogen and oxygen atoms in total. The van der Waals surface area contributed by atoms with Crippen LogP contribution in [0.25, 0.3) is 0 Å². The van der Waals surface area contributed by atoms with Gasteiger partial charge in [-0.1, -0.05) is 30.3 Å². The number of hydrogen-bond donors (Lipinski definition) is 2. The van der Waals surface area contributed by atoms with Gasteiger partial charge < -0.3 is 20.1 Å². The van der Waals surface area contributed by atoms with E-state index < -0.39 is 5.60 Å². The van der Waals surface area contributed by atoms with Crippen LogP contribution in [0, 0.1) is 0 Å². The Morgan fingerprint density at radius 2 is 1.76 bits per heavy atom. The van der Waals surface area contributed by atoms with Crippen molar-refractivity contribution in [2.24, 2.45) is 0 Å². The summed E-state index contributed by atoms with van der Waals surface area (Å²) in [5.41, 5.74) is 0.805. The summed E-state index contributed by atoms with van der Waals surface area (Å²) < 4.78 is 5.70. The summed E-state index contributed by atoms with van der Waals surface area (Å²) in [5, 5.41) is 12.7. The van der Waals surface area contributed by atoms with Crippen LogP contribution in [0.4, 0.5) is 10.5 Å². The first kappa shape index (κ1) is 18.8. The minimum Gasteiger partial charge on any atom is -0.489 e. The summed E-state index contributed by atoms with van der Waals surface area (Å²) in [4.78, 5) is 13.9. The highest BCUT2D eigenvalue weighted by molar-refractivity contribution is 5.89. The molecule has 0 unspecified atom stereocenters. The van der Waals surface area contributed by atoms with Gasteiger partial charge in [0.05, 0.1) is 12.1 Å². The second-order valence-corrected chi connectivity index (χ2v) is 6.56. The van der Waals surface area contributed by atoms with Crippen molar-refractivity contribution in [3.8, 4) is 5.75 Å². The van der Waals surface area contributed by atoms with E-state index in [1.54, 1.807) is 18.7 Å². The molecule has 25 heavy (non-hydrogen) atoms. The number of hydrogen-bond acceptors (Lipinski definition) is 3. The maximum atomic E-state index is 12.3. The maximum Gasteiger partial charge on any atom is 0.321 e. The summed E-state index contributed by atoms with van der Waals surface area (Å²) >= 11 is 0. The Balaban J connectivity index is 1.89. The van der Waals surface area contributed by atoms with E-state index >= 15 is 0 Å². The van der Waals surface area contributed by atoms with E-state index in [2.05, 4.69) is 5.32 Å². The molecule has 0 radical (unpaired) electrons. The smallest absolute Gasteiger partial charge is 0.321 e. The fraction of sp³-hybridized carbons (Fsp3) is 0.350. The molecule has 0 bridgehead atoms. The lowest BCUT2D eigenvalue weighted by Crippen LogP contribution is -2.44. The number of nitrogens with zero attached hydrogens (tertiary/aromatic N) is 1. The molecule has 5 heteroatoms. The molecule has 0 aliphatic carbocycles. The quantitative estimate of drug-likeness (QED) is 0.802. The number of nitrogens with one attached hydrogen (secondary N) is 1. The van der Waals surface area contributed by atoms with Crippen LogP contribution in [0.3, 0.4) is 0 Å². The summed E-state index contributed by atoms with van der Waals surface area (Å²) in [5.74, 6) is 0.824. The third kappa shape index (κ3) is 6.47. The van der Waals surface area contributed by atoms with Crippen LogP contribution in [-0.2, 0) is 6.61 Å². The Morgan fingerprint density at radius 3 is 2.32 bits per heavy atom. The standard InChI is InChI=1S/C20H26N2O3/c1-4-22(15-20(2,3)24)19(23)21-17-12-10-16(11-13-17)14-25-18-8-6-5-7-9-18/h5-13,24H,4,14-15H2,1-3H3,(H,21,23). The van der Waals surface area contributed by atoms with Crippen molar-refractivity contribution in [2.75, 3.05) is 18.4 Å². The van der Waals surface area contributed by atoms with E-state index in [9.17, 15) is 9.90 Å². The number of carbonyl (C=O) groups is 1. The maximum absolute atomic E-state index is 12.3. The monoisotopic (exact) mass is 342 g/mol. The highest BCUT2D eigenvalue weighted by atomic mass is 16.5. The normalized spacial score (nSPS) is 11.0. The van der Waals surface area contributed by atoms with E-state index in [1.807, 2.05) is 61.5 Å². The van der Waals surface area contributed by atoms with E-state index in [1.165, 1.54) is 0 Å². The molecule has 0 fully saturated rings. The van der Waals surface area contributed by atoms with Crippen LogP contribution in [0.1, 0.15) is 26.3 Å². The van der Waals surface area contributed by atoms with Crippen LogP contribution in [0.2, 0.25) is 0 Å². The summed E-state index contributed by atoms with van der Waals surface area (Å²) in [6.45, 7) is 6.53. The van der Waals surface area contributed by atoms with Gasteiger partial charge in [-0.05, 0) is 50.6 Å². The van der Waals surface area contributed by atoms with Crippen molar-refractivity contribution in [2.45, 2.75) is 33.0 Å². The summed E-state index contributed by atoms with van der Waals surface area (Å²) in [6.07, 6.45) is 0. The Hall–Kier alpha value is -2.53. The Bertz CT molecular complexity index is 664. The van der Waals surface area contributed by atoms with Crippen LogP contribution in [0.15, 0.2) is 54.6 Å². The molecule has 0 heterocycles. The molecule has 0 atom stereocenters. The average Bonchev–Trinajstić information content (AvgIpc) is 2.59. The number of ether oxygens (including phenoxy) is 1. The number of likely N-dealkylation sites (N-methyl/N-ethyl adjacent to an activating group) is 1. The number of carbonyl (C=O) groups excluding carboxylic acids is 1. The van der Waals surface area contributed by atoms with Crippen molar-refractivity contribution in [3.05, 3.63) is 60.2 Å². The number of aliphatic hydroxyl groups is 1. The van der Waals surface area contributed by atoms with Gasteiger partial charge in [-0.2, -0.15) is 0 Å². The van der Waals surface area contributed by atoms with E-state index in [4.69, 9.17) is 4.74 Å². The Labute approximate surface area is 149 Å². The average molecular weight is 342 g/mol. The topological polar surface area (TPSA) is 61.8 Å². The zero-order valence-electron chi connectivity index (χ0n) is 15.0. The van der Waals surface area contributed by atoms with Crippen LogP contribution in [-0.4, -0.2) is 34.7 Å². The van der Waals surface area contributed by atoms with E-state index in [-0.39, 0.29) is 12.6 Å². The minimum atomic E-state index is -0.925. The van der Waals surface area contributed by atoms with E-state index in [0.29, 0.717) is 18.8 Å². The van der Waals surface area contributed by atoms with Gasteiger partial charge in [-0.3, -0.25) is 0 Å². The fourth-order valence-corrected chi connectivity index (χ4v) is 2.36. The first-order valence-corrected chi connectivity index (χ1v) is 8.42. The lowest BCUT2D eigenvalue weighted by Gasteiger charge is -2.28. The van der Waals surface area contributed by atoms with Gasteiger partial charge in [0.1, 0.15) is 12.4 Å². The highest BCUT2D eigenvalue weighted by Gasteiger charge is 2.21. The van der Waals surface area contributed by atoms with Crippen LogP contribution >= 0.6 is 0 Å². The lowest BCUT2D eigenvalue weighted by atomic mass is 10.1. The number of amides is 2. The summed E-state index contributed by atoms with van der Waals surface area (Å²) in [6, 6.07) is 16.9. The fourth-order valence-electron chi connectivity index (χ4n) is 2.36. The molecule has 0 aromatic heterocycles. The number of urea groups is 1. The number of benzene rings is 2. The number of para-hydroxylation sites is 1. The van der Waals surface area contributed by atoms with Gasteiger partial charge in [0, 0.05) is 12.2 Å². The van der Waals surface area contributed by atoms with Crippen LogP contribution < -0.4 is 10.1 Å². The van der Waals surface area contributed by atoms with Gasteiger partial charge in [0.25, 0.3) is 0 Å². The number of rotatable bonds is 7. The molecule has 0 saturated carbocycles. The zero-order chi connectivity index (χ0) is 18.3. The number of anilines is 1. The van der Waals surface area contributed by atoms with Crippen LogP contribution in [0.5, 0.6) is 5.75 Å². The minimum absolute atomic E-state index is 0.224. The molecule has 2 aromatic carbocycles. The molecule has 2 aromatic rings. The van der Waals surface area contributed by atoms with Crippen molar-refractivity contribution in [1.29, 1.82) is 0 Å². The Morgan fingerprint density at radius 1 is 1.12 bits per heavy atom. The second-order valence-electron chi connectivity index (χ2n) is 6.56. The van der Waals surface area contributed by atoms with Crippen molar-refractivity contribution < 1.29 is 14.6 Å². The molecule has 2 N–H and O–H groups in total.